The van der Waals surface area contributed by atoms with Gasteiger partial charge >= 0.3 is 0 Å². The van der Waals surface area contributed by atoms with Gasteiger partial charge in [0.2, 0.25) is 0 Å². The molecule has 9 heteroatoms. The molecule has 1 unspecified atom stereocenters. The second-order valence-corrected chi connectivity index (χ2v) is 8.14. The molecule has 0 amide bonds. The van der Waals surface area contributed by atoms with Crippen molar-refractivity contribution >= 4 is 11.4 Å². The van der Waals surface area contributed by atoms with E-state index in [1.165, 1.54) is 0 Å². The van der Waals surface area contributed by atoms with Gasteiger partial charge in [-0.05, 0) is 35.7 Å². The SMILES string of the molecule is COCc1nn2c3c(nnc2c1-c1ccc(OC)c(OC)c1)C(=O)CC(c1ccccc1O)C3. The molecule has 0 fully saturated rings. The third-order valence-electron chi connectivity index (χ3n) is 6.17. The van der Waals surface area contributed by atoms with E-state index in [0.717, 1.165) is 16.7 Å². The molecule has 0 saturated heterocycles. The fraction of sp³-hybridized carbons (Fsp3) is 0.280. The molecule has 9 nitrogen and oxygen atoms in total. The van der Waals surface area contributed by atoms with Crippen molar-refractivity contribution in [1.29, 1.82) is 0 Å². The highest BCUT2D eigenvalue weighted by Gasteiger charge is 2.33. The molecule has 34 heavy (non-hydrogen) atoms. The van der Waals surface area contributed by atoms with E-state index in [4.69, 9.17) is 19.3 Å². The monoisotopic (exact) mass is 460 g/mol. The summed E-state index contributed by atoms with van der Waals surface area (Å²) in [5.41, 5.74) is 4.45. The van der Waals surface area contributed by atoms with Gasteiger partial charge < -0.3 is 19.3 Å². The Morgan fingerprint density at radius 1 is 1.03 bits per heavy atom. The number of Topliss-reactive ketones (excluding diaryl/α,β-unsaturated/α-hetero) is 1. The van der Waals surface area contributed by atoms with Crippen LogP contribution in [-0.4, -0.2) is 52.0 Å². The molecule has 1 aliphatic carbocycles. The molecule has 5 rings (SSSR count). The third kappa shape index (κ3) is 3.54. The van der Waals surface area contributed by atoms with Gasteiger partial charge in [0.15, 0.2) is 28.6 Å². The lowest BCUT2D eigenvalue weighted by molar-refractivity contribution is 0.0955. The first kappa shape index (κ1) is 21.8. The molecule has 0 radical (unpaired) electrons. The maximum Gasteiger partial charge on any atom is 0.185 e. The Morgan fingerprint density at radius 2 is 1.82 bits per heavy atom. The van der Waals surface area contributed by atoms with Gasteiger partial charge in [-0.25, -0.2) is 4.52 Å². The number of aromatic hydroxyl groups is 1. The van der Waals surface area contributed by atoms with E-state index in [-0.39, 0.29) is 30.5 Å². The molecule has 0 aliphatic heterocycles. The van der Waals surface area contributed by atoms with Gasteiger partial charge in [-0.3, -0.25) is 4.79 Å². The number of fused-ring (bicyclic) bond motifs is 3. The number of ketones is 1. The number of hydrogen-bond donors (Lipinski definition) is 1. The molecule has 2 aromatic heterocycles. The quantitative estimate of drug-likeness (QED) is 0.465. The second kappa shape index (κ2) is 8.75. The van der Waals surface area contributed by atoms with Crippen molar-refractivity contribution in [3.63, 3.8) is 0 Å². The number of rotatable bonds is 6. The Morgan fingerprint density at radius 3 is 2.56 bits per heavy atom. The zero-order chi connectivity index (χ0) is 23.8. The number of hydrogen-bond acceptors (Lipinski definition) is 8. The summed E-state index contributed by atoms with van der Waals surface area (Å²) in [6.45, 7) is 0.249. The highest BCUT2D eigenvalue weighted by Crippen LogP contribution is 2.39. The van der Waals surface area contributed by atoms with Crippen molar-refractivity contribution in [2.24, 2.45) is 0 Å². The lowest BCUT2D eigenvalue weighted by atomic mass is 9.83. The highest BCUT2D eigenvalue weighted by molar-refractivity contribution is 5.97. The van der Waals surface area contributed by atoms with Crippen LogP contribution in [0.5, 0.6) is 17.2 Å². The number of ether oxygens (including phenoxy) is 3. The van der Waals surface area contributed by atoms with Crippen LogP contribution in [0.3, 0.4) is 0 Å². The van der Waals surface area contributed by atoms with Crippen LogP contribution < -0.4 is 9.47 Å². The average molecular weight is 460 g/mol. The number of nitrogens with zero attached hydrogens (tertiary/aromatic N) is 4. The second-order valence-electron chi connectivity index (χ2n) is 8.14. The number of carbonyl (C=O) groups excluding carboxylic acids is 1. The zero-order valence-corrected chi connectivity index (χ0v) is 19.1. The van der Waals surface area contributed by atoms with Gasteiger partial charge in [0.1, 0.15) is 5.75 Å². The molecule has 1 aliphatic rings. The number of carbonyl (C=O) groups is 1. The minimum Gasteiger partial charge on any atom is -0.508 e. The van der Waals surface area contributed by atoms with Gasteiger partial charge in [0, 0.05) is 19.4 Å². The maximum atomic E-state index is 13.0. The first-order valence-corrected chi connectivity index (χ1v) is 10.8. The van der Waals surface area contributed by atoms with E-state index in [1.54, 1.807) is 38.0 Å². The molecule has 0 bridgehead atoms. The fourth-order valence-electron chi connectivity index (χ4n) is 4.59. The van der Waals surface area contributed by atoms with Gasteiger partial charge in [-0.2, -0.15) is 5.10 Å². The number of phenols is 1. The van der Waals surface area contributed by atoms with Gasteiger partial charge in [-0.1, -0.05) is 24.3 Å². The Hall–Kier alpha value is -3.98. The van der Waals surface area contributed by atoms with Crippen molar-refractivity contribution in [3.05, 3.63) is 65.1 Å². The average Bonchev–Trinajstić information content (AvgIpc) is 3.22. The minimum absolute atomic E-state index is 0.125. The number of aromatic nitrogens is 4. The van der Waals surface area contributed by atoms with Crippen LogP contribution in [0.15, 0.2) is 42.5 Å². The van der Waals surface area contributed by atoms with E-state index in [2.05, 4.69) is 10.2 Å². The molecule has 2 aromatic carbocycles. The first-order chi connectivity index (χ1) is 16.5. The van der Waals surface area contributed by atoms with Crippen molar-refractivity contribution in [2.75, 3.05) is 21.3 Å². The van der Waals surface area contributed by atoms with Crippen LogP contribution in [0.2, 0.25) is 0 Å². The summed E-state index contributed by atoms with van der Waals surface area (Å²) in [4.78, 5) is 13.0. The summed E-state index contributed by atoms with van der Waals surface area (Å²) in [6.07, 6.45) is 0.740. The molecule has 4 aromatic rings. The van der Waals surface area contributed by atoms with E-state index in [9.17, 15) is 9.90 Å². The van der Waals surface area contributed by atoms with Crippen LogP contribution in [0.4, 0.5) is 0 Å². The van der Waals surface area contributed by atoms with Crippen LogP contribution in [-0.2, 0) is 17.8 Å². The molecular weight excluding hydrogens is 436 g/mol. The predicted molar refractivity (Wildman–Crippen MR) is 124 cm³/mol. The summed E-state index contributed by atoms with van der Waals surface area (Å²) in [5, 5.41) is 23.8. The number of para-hydroxylation sites is 1. The fourth-order valence-corrected chi connectivity index (χ4v) is 4.59. The largest absolute Gasteiger partial charge is 0.508 e. The first-order valence-electron chi connectivity index (χ1n) is 10.8. The van der Waals surface area contributed by atoms with E-state index in [1.807, 2.05) is 30.3 Å². The standard InChI is InChI=1S/C25H24N4O5/c1-32-13-17-23(14-8-9-21(33-2)22(12-14)34-3)25-27-26-24-18(29(25)28-17)10-15(11-20(24)31)16-6-4-5-7-19(16)30/h4-9,12,15,30H,10-11,13H2,1-3H3. The van der Waals surface area contributed by atoms with Crippen LogP contribution in [0, 0.1) is 0 Å². The summed E-state index contributed by atoms with van der Waals surface area (Å²) in [6, 6.07) is 12.7. The summed E-state index contributed by atoms with van der Waals surface area (Å²) < 4.78 is 17.9. The maximum absolute atomic E-state index is 13.0. The van der Waals surface area contributed by atoms with Crippen molar-refractivity contribution in [1.82, 2.24) is 19.8 Å². The molecule has 174 valence electrons. The van der Waals surface area contributed by atoms with E-state index >= 15 is 0 Å². The molecular formula is C25H24N4O5. The lowest BCUT2D eigenvalue weighted by Gasteiger charge is -2.23. The van der Waals surface area contributed by atoms with Gasteiger partial charge in [0.25, 0.3) is 0 Å². The van der Waals surface area contributed by atoms with Crippen molar-refractivity contribution in [2.45, 2.75) is 25.4 Å². The van der Waals surface area contributed by atoms with Crippen LogP contribution in [0.1, 0.15) is 39.8 Å². The van der Waals surface area contributed by atoms with E-state index < -0.39 is 0 Å². The number of phenolic OH excluding ortho intramolecular Hbond substituents is 1. The molecule has 0 spiro atoms. The normalized spacial score (nSPS) is 15.4. The van der Waals surface area contributed by atoms with E-state index in [0.29, 0.717) is 40.6 Å². The summed E-state index contributed by atoms with van der Waals surface area (Å²) in [5.74, 6) is 1.04. The van der Waals surface area contributed by atoms with Crippen LogP contribution >= 0.6 is 0 Å². The Labute approximate surface area is 195 Å². The minimum atomic E-state index is -0.187. The van der Waals surface area contributed by atoms with Crippen LogP contribution in [0.25, 0.3) is 16.8 Å². The Kier molecular flexibility index (Phi) is 5.62. The molecule has 1 N–H and O–H groups in total. The molecule has 0 saturated carbocycles. The predicted octanol–water partition coefficient (Wildman–Crippen LogP) is 3.57. The smallest absolute Gasteiger partial charge is 0.185 e. The topological polar surface area (TPSA) is 108 Å². The third-order valence-corrected chi connectivity index (χ3v) is 6.17. The number of benzene rings is 2. The highest BCUT2D eigenvalue weighted by atomic mass is 16.5. The Balaban J connectivity index is 1.69. The van der Waals surface area contributed by atoms with Crippen molar-refractivity contribution < 1.29 is 24.1 Å². The molecule has 1 atom stereocenters. The summed E-state index contributed by atoms with van der Waals surface area (Å²) in [7, 11) is 4.76. The Bertz CT molecular complexity index is 1400. The lowest BCUT2D eigenvalue weighted by Crippen LogP contribution is -2.24. The number of methoxy groups -OCH3 is 3. The summed E-state index contributed by atoms with van der Waals surface area (Å²) >= 11 is 0. The van der Waals surface area contributed by atoms with Gasteiger partial charge in [-0.15, -0.1) is 10.2 Å². The zero-order valence-electron chi connectivity index (χ0n) is 19.1. The van der Waals surface area contributed by atoms with Crippen molar-refractivity contribution in [3.8, 4) is 28.4 Å². The molecule has 2 heterocycles. The van der Waals surface area contributed by atoms with Gasteiger partial charge in [0.05, 0.1) is 37.8 Å².